The molecule has 3 heterocycles. The number of amides is 1. The van der Waals surface area contributed by atoms with Crippen LogP contribution >= 0.6 is 22.6 Å². The number of hydrogen-bond acceptors (Lipinski definition) is 4. The predicted molar refractivity (Wildman–Crippen MR) is 155 cm³/mol. The van der Waals surface area contributed by atoms with Gasteiger partial charge in [-0.15, -0.1) is 0 Å². The zero-order valence-corrected chi connectivity index (χ0v) is 25.0. The first kappa shape index (κ1) is 25.6. The molecule has 0 N–H and O–H groups in total. The third-order valence-electron chi connectivity index (χ3n) is 7.34. The van der Waals surface area contributed by atoms with E-state index in [9.17, 15) is 4.79 Å². The van der Waals surface area contributed by atoms with Gasteiger partial charge in [-0.1, -0.05) is 25.7 Å². The summed E-state index contributed by atoms with van der Waals surface area (Å²) in [5.41, 5.74) is 5.94. The molecule has 1 amide bonds. The summed E-state index contributed by atoms with van der Waals surface area (Å²) < 4.78 is 9.26. The molecule has 1 atom stereocenters. The molecule has 0 bridgehead atoms. The molecule has 1 unspecified atom stereocenters. The largest absolute Gasteiger partial charge is 0.361 e. The number of nitrogens with zero attached hydrogens (tertiary/aromatic N) is 4. The summed E-state index contributed by atoms with van der Waals surface area (Å²) in [6.07, 6.45) is 4.32. The van der Waals surface area contributed by atoms with Crippen LogP contribution < -0.4 is 0 Å². The topological polar surface area (TPSA) is 60.2 Å². The fraction of sp³-hybridized carbons (Fsp3) is 0.464. The van der Waals surface area contributed by atoms with Crippen molar-refractivity contribution in [3.63, 3.8) is 0 Å². The number of fused-ring (bicyclic) bond motifs is 1. The van der Waals surface area contributed by atoms with E-state index < -0.39 is 8.07 Å². The molecule has 0 saturated heterocycles. The van der Waals surface area contributed by atoms with Crippen molar-refractivity contribution in [2.45, 2.75) is 71.7 Å². The minimum atomic E-state index is -1.14. The summed E-state index contributed by atoms with van der Waals surface area (Å²) in [5, 5.41) is 0. The molecular formula is C28H35IN4O2Si. The van der Waals surface area contributed by atoms with Crippen LogP contribution in [-0.4, -0.2) is 46.1 Å². The van der Waals surface area contributed by atoms with E-state index in [0.29, 0.717) is 25.2 Å². The number of benzene rings is 1. The molecule has 3 aromatic rings. The molecule has 2 aromatic heterocycles. The SMILES string of the molecule is Cc1nc(-c2cc(-c3ccc4c(c3)CN(C(C)C3CC3)C4=O)ccn2)n(COCC[Si](C)(C)C)c1I. The van der Waals surface area contributed by atoms with Crippen molar-refractivity contribution in [2.75, 3.05) is 6.61 Å². The number of aromatic nitrogens is 3. The molecule has 6 nitrogen and oxygen atoms in total. The van der Waals surface area contributed by atoms with Crippen LogP contribution in [0.25, 0.3) is 22.6 Å². The number of pyridine rings is 1. The first-order valence-corrected chi connectivity index (χ1v) is 17.6. The van der Waals surface area contributed by atoms with Crippen molar-refractivity contribution in [1.82, 2.24) is 19.4 Å². The third kappa shape index (κ3) is 5.31. The Balaban J connectivity index is 1.38. The Morgan fingerprint density at radius 3 is 2.64 bits per heavy atom. The highest BCUT2D eigenvalue weighted by atomic mass is 127. The number of rotatable bonds is 9. The molecule has 0 radical (unpaired) electrons. The minimum absolute atomic E-state index is 0.174. The van der Waals surface area contributed by atoms with E-state index in [-0.39, 0.29) is 5.91 Å². The van der Waals surface area contributed by atoms with Crippen molar-refractivity contribution in [3.8, 4) is 22.6 Å². The molecule has 36 heavy (non-hydrogen) atoms. The first-order valence-electron chi connectivity index (χ1n) is 12.8. The first-order chi connectivity index (χ1) is 17.1. The number of imidazole rings is 1. The summed E-state index contributed by atoms with van der Waals surface area (Å²) in [6.45, 7) is 13.2. The Morgan fingerprint density at radius 1 is 1.17 bits per heavy atom. The monoisotopic (exact) mass is 614 g/mol. The third-order valence-corrected chi connectivity index (χ3v) is 10.4. The van der Waals surface area contributed by atoms with Crippen molar-refractivity contribution in [2.24, 2.45) is 5.92 Å². The van der Waals surface area contributed by atoms with E-state index in [2.05, 4.69) is 76.9 Å². The second kappa shape index (κ2) is 10.0. The second-order valence-corrected chi connectivity index (χ2v) is 18.0. The van der Waals surface area contributed by atoms with Crippen LogP contribution in [0.1, 0.15) is 41.4 Å². The molecule has 1 fully saturated rings. The highest BCUT2D eigenvalue weighted by molar-refractivity contribution is 14.1. The van der Waals surface area contributed by atoms with E-state index in [1.807, 2.05) is 30.2 Å². The Bertz CT molecular complexity index is 1300. The summed E-state index contributed by atoms with van der Waals surface area (Å²) in [7, 11) is -1.14. The number of aryl methyl sites for hydroxylation is 1. The van der Waals surface area contributed by atoms with Crippen LogP contribution in [0.15, 0.2) is 36.5 Å². The van der Waals surface area contributed by atoms with Crippen LogP contribution in [0.2, 0.25) is 25.7 Å². The Hall–Kier alpha value is -2.04. The van der Waals surface area contributed by atoms with E-state index >= 15 is 0 Å². The van der Waals surface area contributed by atoms with Gasteiger partial charge in [0, 0.05) is 39.0 Å². The molecular weight excluding hydrogens is 579 g/mol. The number of hydrogen-bond donors (Lipinski definition) is 0. The van der Waals surface area contributed by atoms with Gasteiger partial charge in [0.1, 0.15) is 16.1 Å². The standard InChI is InChI=1S/C28H35IN4O2Si/c1-18-26(29)33(17-35-12-13-36(3,4)5)27(31-18)25-15-22(10-11-30-25)21-8-9-24-23(14-21)16-32(28(24)34)19(2)20-6-7-20/h8-11,14-15,19-20H,6-7,12-13,16-17H2,1-5H3. The Labute approximate surface area is 228 Å². The van der Waals surface area contributed by atoms with Crippen LogP contribution in [0.4, 0.5) is 0 Å². The van der Waals surface area contributed by atoms with Gasteiger partial charge >= 0.3 is 0 Å². The van der Waals surface area contributed by atoms with E-state index in [1.165, 1.54) is 12.8 Å². The lowest BCUT2D eigenvalue weighted by molar-refractivity contribution is 0.0697. The lowest BCUT2D eigenvalue weighted by Crippen LogP contribution is -2.34. The molecule has 0 spiro atoms. The maximum Gasteiger partial charge on any atom is 0.254 e. The quantitative estimate of drug-likeness (QED) is 0.155. The molecule has 1 aromatic carbocycles. The van der Waals surface area contributed by atoms with Gasteiger partial charge in [-0.2, -0.15) is 0 Å². The van der Waals surface area contributed by atoms with Gasteiger partial charge in [-0.05, 0) is 102 Å². The maximum absolute atomic E-state index is 13.0. The van der Waals surface area contributed by atoms with Crippen LogP contribution in [0, 0.1) is 16.5 Å². The summed E-state index contributed by atoms with van der Waals surface area (Å²) in [4.78, 5) is 24.5. The van der Waals surface area contributed by atoms with Gasteiger partial charge in [0.2, 0.25) is 0 Å². The number of ether oxygens (including phenoxy) is 1. The second-order valence-electron chi connectivity index (χ2n) is 11.4. The van der Waals surface area contributed by atoms with Crippen LogP contribution in [-0.2, 0) is 18.0 Å². The molecule has 190 valence electrons. The van der Waals surface area contributed by atoms with E-state index in [1.54, 1.807) is 0 Å². The van der Waals surface area contributed by atoms with Gasteiger partial charge in [0.05, 0.1) is 5.69 Å². The van der Waals surface area contributed by atoms with Gasteiger partial charge < -0.3 is 9.64 Å². The zero-order valence-electron chi connectivity index (χ0n) is 21.8. The lowest BCUT2D eigenvalue weighted by atomic mass is 10.0. The summed E-state index contributed by atoms with van der Waals surface area (Å²) in [5.74, 6) is 1.67. The Kier molecular flexibility index (Phi) is 7.13. The number of carbonyl (C=O) groups excluding carboxylic acids is 1. The Morgan fingerprint density at radius 2 is 1.92 bits per heavy atom. The fourth-order valence-electron chi connectivity index (χ4n) is 4.82. The smallest absolute Gasteiger partial charge is 0.254 e. The van der Waals surface area contributed by atoms with Crippen molar-refractivity contribution in [3.05, 3.63) is 57.1 Å². The molecule has 1 aliphatic carbocycles. The van der Waals surface area contributed by atoms with Gasteiger partial charge in [0.15, 0.2) is 5.82 Å². The van der Waals surface area contributed by atoms with Crippen LogP contribution in [0.5, 0.6) is 0 Å². The average molecular weight is 615 g/mol. The average Bonchev–Trinajstić information content (AvgIpc) is 3.59. The fourth-order valence-corrected chi connectivity index (χ4v) is 6.06. The van der Waals surface area contributed by atoms with Crippen molar-refractivity contribution in [1.29, 1.82) is 0 Å². The van der Waals surface area contributed by atoms with Crippen LogP contribution in [0.3, 0.4) is 0 Å². The van der Waals surface area contributed by atoms with Crippen molar-refractivity contribution < 1.29 is 9.53 Å². The molecule has 1 saturated carbocycles. The van der Waals surface area contributed by atoms with Gasteiger partial charge in [0.25, 0.3) is 5.91 Å². The van der Waals surface area contributed by atoms with Crippen molar-refractivity contribution >= 4 is 36.6 Å². The molecule has 5 rings (SSSR count). The maximum atomic E-state index is 13.0. The molecule has 8 heteroatoms. The van der Waals surface area contributed by atoms with Gasteiger partial charge in [-0.3, -0.25) is 14.3 Å². The van der Waals surface area contributed by atoms with E-state index in [4.69, 9.17) is 9.72 Å². The lowest BCUT2D eigenvalue weighted by Gasteiger charge is -2.23. The van der Waals surface area contributed by atoms with Gasteiger partial charge in [-0.25, -0.2) is 4.98 Å². The summed E-state index contributed by atoms with van der Waals surface area (Å²) >= 11 is 2.34. The highest BCUT2D eigenvalue weighted by Gasteiger charge is 2.38. The number of carbonyl (C=O) groups is 1. The molecule has 2 aliphatic rings. The highest BCUT2D eigenvalue weighted by Crippen LogP contribution is 2.39. The number of halogens is 1. The normalized spacial score (nSPS) is 16.5. The predicted octanol–water partition coefficient (Wildman–Crippen LogP) is 6.59. The zero-order chi connectivity index (χ0) is 25.6. The summed E-state index contributed by atoms with van der Waals surface area (Å²) in [6, 6.07) is 11.8. The minimum Gasteiger partial charge on any atom is -0.361 e. The van der Waals surface area contributed by atoms with E-state index in [0.717, 1.165) is 55.8 Å². The molecule has 1 aliphatic heterocycles.